The molecule has 1 amide bonds. The molecule has 0 fully saturated rings. The molecule has 6 nitrogen and oxygen atoms in total. The summed E-state index contributed by atoms with van der Waals surface area (Å²) in [6, 6.07) is -0.564. The number of allylic oxidation sites excluding steroid dienone is 4. The Morgan fingerprint density at radius 2 is 0.734 bits per heavy atom. The first-order valence-corrected chi connectivity index (χ1v) is 28.6. The zero-order valence-electron chi connectivity index (χ0n) is 43.0. The van der Waals surface area contributed by atoms with E-state index in [9.17, 15) is 19.8 Å². The van der Waals surface area contributed by atoms with Gasteiger partial charge in [-0.25, -0.2) is 0 Å². The van der Waals surface area contributed by atoms with Crippen molar-refractivity contribution in [3.05, 3.63) is 24.3 Å². The van der Waals surface area contributed by atoms with Crippen LogP contribution in [-0.4, -0.2) is 47.4 Å². The Morgan fingerprint density at radius 1 is 0.422 bits per heavy atom. The third-order valence-electron chi connectivity index (χ3n) is 13.2. The van der Waals surface area contributed by atoms with E-state index in [4.69, 9.17) is 4.74 Å². The minimum atomic E-state index is -0.683. The van der Waals surface area contributed by atoms with Crippen LogP contribution in [0.4, 0.5) is 0 Å². The maximum atomic E-state index is 12.5. The number of amides is 1. The molecule has 0 saturated carbocycles. The molecule has 0 bridgehead atoms. The van der Waals surface area contributed by atoms with E-state index >= 15 is 0 Å². The van der Waals surface area contributed by atoms with Gasteiger partial charge in [0.2, 0.25) is 5.91 Å². The van der Waals surface area contributed by atoms with Gasteiger partial charge >= 0.3 is 5.97 Å². The Balaban J connectivity index is 3.51. The summed E-state index contributed by atoms with van der Waals surface area (Å²) in [7, 11) is 0. The molecule has 0 radical (unpaired) electrons. The van der Waals surface area contributed by atoms with Crippen LogP contribution in [0.2, 0.25) is 0 Å². The minimum Gasteiger partial charge on any atom is -0.466 e. The normalized spacial score (nSPS) is 12.8. The third kappa shape index (κ3) is 49.8. The number of carbonyl (C=O) groups is 2. The van der Waals surface area contributed by atoms with Crippen LogP contribution in [0.25, 0.3) is 0 Å². The molecule has 0 aromatic heterocycles. The topological polar surface area (TPSA) is 95.9 Å². The van der Waals surface area contributed by atoms with Gasteiger partial charge in [0.05, 0.1) is 25.4 Å². The van der Waals surface area contributed by atoms with Crippen LogP contribution in [0, 0.1) is 0 Å². The van der Waals surface area contributed by atoms with Crippen LogP contribution in [0.15, 0.2) is 24.3 Å². The fourth-order valence-electron chi connectivity index (χ4n) is 8.81. The molecule has 0 aromatic carbocycles. The monoisotopic (exact) mass is 902 g/mol. The van der Waals surface area contributed by atoms with Crippen molar-refractivity contribution in [3.8, 4) is 0 Å². The molecule has 0 spiro atoms. The molecule has 0 heterocycles. The fraction of sp³-hybridized carbons (Fsp3) is 0.897. The standard InChI is InChI=1S/C58H111NO5/c1-3-5-7-9-11-13-15-17-19-20-21-22-23-24-26-27-30-34-38-42-46-50-56(61)55(54-60)59-57(62)51-47-43-39-35-31-29-33-37-41-45-49-53-64-58(63)52-48-44-40-36-32-28-25-18-16-14-12-10-8-6-4-2/h18,25,33,37,55-56,60-61H,3-17,19-24,26-32,34-36,38-54H2,1-2H3,(H,59,62)/b25-18-,37-33-. The molecule has 64 heavy (non-hydrogen) atoms. The van der Waals surface area contributed by atoms with Gasteiger partial charge in [-0.3, -0.25) is 9.59 Å². The summed E-state index contributed by atoms with van der Waals surface area (Å²) in [5.41, 5.74) is 0. The average Bonchev–Trinajstić information content (AvgIpc) is 3.29. The molecule has 0 aliphatic carbocycles. The van der Waals surface area contributed by atoms with Crippen LogP contribution in [0.5, 0.6) is 0 Å². The van der Waals surface area contributed by atoms with Crippen molar-refractivity contribution < 1.29 is 24.5 Å². The predicted molar refractivity (Wildman–Crippen MR) is 278 cm³/mol. The van der Waals surface area contributed by atoms with Gasteiger partial charge in [-0.1, -0.05) is 244 Å². The number of nitrogens with one attached hydrogen (secondary N) is 1. The molecule has 2 atom stereocenters. The van der Waals surface area contributed by atoms with Crippen molar-refractivity contribution in [1.29, 1.82) is 0 Å². The number of unbranched alkanes of at least 4 members (excludes halogenated alkanes) is 38. The van der Waals surface area contributed by atoms with Crippen molar-refractivity contribution in [2.45, 2.75) is 321 Å². The maximum absolute atomic E-state index is 12.5. The molecule has 0 aromatic rings. The molecule has 6 heteroatoms. The van der Waals surface area contributed by atoms with Gasteiger partial charge in [0.1, 0.15) is 0 Å². The average molecular weight is 903 g/mol. The molecule has 0 aliphatic heterocycles. The Labute approximate surface area is 399 Å². The van der Waals surface area contributed by atoms with E-state index in [0.717, 1.165) is 83.5 Å². The van der Waals surface area contributed by atoms with Crippen LogP contribution >= 0.6 is 0 Å². The Morgan fingerprint density at radius 3 is 1.11 bits per heavy atom. The Kier molecular flexibility index (Phi) is 52.6. The van der Waals surface area contributed by atoms with Gasteiger partial charge in [0.15, 0.2) is 0 Å². The van der Waals surface area contributed by atoms with Gasteiger partial charge < -0.3 is 20.3 Å². The number of rotatable bonds is 53. The SMILES string of the molecule is CCCCCCCC/C=C\CCCCCCCC(=O)OCCCC/C=C\CCCCCCCC(=O)NC(CO)C(O)CCCCCCCCCCCCCCCCCCCCCCC. The smallest absolute Gasteiger partial charge is 0.305 e. The van der Waals surface area contributed by atoms with Gasteiger partial charge in [-0.2, -0.15) is 0 Å². The van der Waals surface area contributed by atoms with Crippen molar-refractivity contribution in [2.24, 2.45) is 0 Å². The zero-order valence-corrected chi connectivity index (χ0v) is 43.0. The minimum absolute atomic E-state index is 0.0384. The second-order valence-electron chi connectivity index (χ2n) is 19.6. The first kappa shape index (κ1) is 62.3. The number of aliphatic hydroxyl groups is 2. The van der Waals surface area contributed by atoms with E-state index in [1.807, 2.05) is 0 Å². The number of hydrogen-bond acceptors (Lipinski definition) is 5. The second kappa shape index (κ2) is 54.0. The van der Waals surface area contributed by atoms with Gasteiger partial charge in [0.25, 0.3) is 0 Å². The maximum Gasteiger partial charge on any atom is 0.305 e. The van der Waals surface area contributed by atoms with Crippen LogP contribution in [0.1, 0.15) is 309 Å². The summed E-state index contributed by atoms with van der Waals surface area (Å²) in [6.07, 6.45) is 64.5. The van der Waals surface area contributed by atoms with E-state index < -0.39 is 12.1 Å². The Hall–Kier alpha value is -1.66. The molecule has 2 unspecified atom stereocenters. The molecule has 0 rings (SSSR count). The summed E-state index contributed by atoms with van der Waals surface area (Å²) >= 11 is 0. The largest absolute Gasteiger partial charge is 0.466 e. The Bertz CT molecular complexity index is 997. The van der Waals surface area contributed by atoms with Crippen LogP contribution in [0.3, 0.4) is 0 Å². The highest BCUT2D eigenvalue weighted by Gasteiger charge is 2.20. The first-order valence-electron chi connectivity index (χ1n) is 28.6. The lowest BCUT2D eigenvalue weighted by Gasteiger charge is -2.22. The summed E-state index contributed by atoms with van der Waals surface area (Å²) < 4.78 is 5.44. The first-order chi connectivity index (χ1) is 31.5. The molecular weight excluding hydrogens is 791 g/mol. The lowest BCUT2D eigenvalue weighted by molar-refractivity contribution is -0.143. The van der Waals surface area contributed by atoms with E-state index in [1.165, 1.54) is 193 Å². The highest BCUT2D eigenvalue weighted by atomic mass is 16.5. The molecule has 0 aliphatic rings. The highest BCUT2D eigenvalue weighted by Crippen LogP contribution is 2.17. The van der Waals surface area contributed by atoms with Gasteiger partial charge in [-0.05, 0) is 77.0 Å². The van der Waals surface area contributed by atoms with Crippen LogP contribution in [-0.2, 0) is 14.3 Å². The highest BCUT2D eigenvalue weighted by molar-refractivity contribution is 5.76. The summed E-state index contributed by atoms with van der Waals surface area (Å²) in [5.74, 6) is -0.100. The predicted octanol–water partition coefficient (Wildman–Crippen LogP) is 17.5. The third-order valence-corrected chi connectivity index (χ3v) is 13.2. The lowest BCUT2D eigenvalue weighted by atomic mass is 10.0. The fourth-order valence-corrected chi connectivity index (χ4v) is 8.81. The zero-order chi connectivity index (χ0) is 46.5. The van der Waals surface area contributed by atoms with Crippen molar-refractivity contribution >= 4 is 11.9 Å². The van der Waals surface area contributed by atoms with Crippen molar-refractivity contribution in [1.82, 2.24) is 5.32 Å². The van der Waals surface area contributed by atoms with Crippen molar-refractivity contribution in [2.75, 3.05) is 13.2 Å². The second-order valence-corrected chi connectivity index (χ2v) is 19.6. The lowest BCUT2D eigenvalue weighted by Crippen LogP contribution is -2.45. The number of esters is 1. The number of carbonyl (C=O) groups excluding carboxylic acids is 2. The number of ether oxygens (including phenoxy) is 1. The summed E-state index contributed by atoms with van der Waals surface area (Å²) in [5, 5.41) is 23.3. The van der Waals surface area contributed by atoms with Crippen molar-refractivity contribution in [3.63, 3.8) is 0 Å². The molecule has 3 N–H and O–H groups in total. The van der Waals surface area contributed by atoms with E-state index in [2.05, 4.69) is 43.5 Å². The summed E-state index contributed by atoms with van der Waals surface area (Å²) in [4.78, 5) is 24.5. The molecular formula is C58H111NO5. The van der Waals surface area contributed by atoms with Crippen LogP contribution < -0.4 is 5.32 Å². The quantitative estimate of drug-likeness (QED) is 0.0321. The van der Waals surface area contributed by atoms with Gasteiger partial charge in [0, 0.05) is 12.8 Å². The van der Waals surface area contributed by atoms with E-state index in [0.29, 0.717) is 25.9 Å². The number of aliphatic hydroxyl groups excluding tert-OH is 2. The summed E-state index contributed by atoms with van der Waals surface area (Å²) in [6.45, 7) is 4.88. The molecule has 0 saturated heterocycles. The number of hydrogen-bond donors (Lipinski definition) is 3. The van der Waals surface area contributed by atoms with E-state index in [1.54, 1.807) is 0 Å². The molecule has 378 valence electrons. The van der Waals surface area contributed by atoms with E-state index in [-0.39, 0.29) is 18.5 Å². The van der Waals surface area contributed by atoms with Gasteiger partial charge in [-0.15, -0.1) is 0 Å².